The minimum Gasteiger partial charge on any atom is -0.207 e. The van der Waals surface area contributed by atoms with E-state index in [4.69, 9.17) is 16.9 Å². The highest BCUT2D eigenvalue weighted by molar-refractivity contribution is 7.89. The first kappa shape index (κ1) is 13.3. The summed E-state index contributed by atoms with van der Waals surface area (Å²) in [6.07, 6.45) is 2.27. The van der Waals surface area contributed by atoms with Crippen LogP contribution in [0.2, 0.25) is 5.02 Å². The summed E-state index contributed by atoms with van der Waals surface area (Å²) in [4.78, 5) is 0.150. The molecule has 1 atom stereocenters. The van der Waals surface area contributed by atoms with Crippen molar-refractivity contribution < 1.29 is 8.42 Å². The molecule has 0 N–H and O–H groups in total. The van der Waals surface area contributed by atoms with Crippen LogP contribution in [0.4, 0.5) is 0 Å². The van der Waals surface area contributed by atoms with Crippen LogP contribution in [0.15, 0.2) is 29.2 Å². The van der Waals surface area contributed by atoms with E-state index in [0.717, 1.165) is 12.8 Å². The predicted molar refractivity (Wildman–Crippen MR) is 68.6 cm³/mol. The number of benzene rings is 1. The number of nitrogens with zero attached hydrogens (tertiary/aromatic N) is 2. The van der Waals surface area contributed by atoms with E-state index in [9.17, 15) is 8.42 Å². The molecular weight excluding hydrogens is 272 g/mol. The van der Waals surface area contributed by atoms with Crippen molar-refractivity contribution in [2.75, 3.05) is 6.54 Å². The average molecular weight is 285 g/mol. The molecule has 4 nitrogen and oxygen atoms in total. The minimum atomic E-state index is -3.62. The Morgan fingerprint density at radius 2 is 2.17 bits per heavy atom. The Hall–Kier alpha value is -1.09. The number of hydrogen-bond donors (Lipinski definition) is 0. The maximum atomic E-state index is 12.4. The standard InChI is InChI=1S/C12H13ClN2O2S/c13-10-4-3-6-12(8-10)18(16,17)15-7-2-1-5-11(15)9-14/h3-4,6,8,11H,1-2,5,7H2. The molecule has 1 saturated heterocycles. The molecule has 0 bridgehead atoms. The van der Waals surface area contributed by atoms with Crippen LogP contribution >= 0.6 is 11.6 Å². The molecule has 0 aliphatic carbocycles. The van der Waals surface area contributed by atoms with Gasteiger partial charge in [0.2, 0.25) is 10.0 Å². The average Bonchev–Trinajstić information content (AvgIpc) is 2.38. The summed E-state index contributed by atoms with van der Waals surface area (Å²) in [5.74, 6) is 0. The third-order valence-electron chi connectivity index (χ3n) is 3.01. The van der Waals surface area contributed by atoms with E-state index in [-0.39, 0.29) is 4.90 Å². The van der Waals surface area contributed by atoms with Gasteiger partial charge in [-0.1, -0.05) is 17.7 Å². The normalized spacial score (nSPS) is 21.4. The Morgan fingerprint density at radius 1 is 1.39 bits per heavy atom. The van der Waals surface area contributed by atoms with Gasteiger partial charge in [-0.05, 0) is 37.5 Å². The number of nitriles is 1. The zero-order chi connectivity index (χ0) is 13.2. The van der Waals surface area contributed by atoms with E-state index < -0.39 is 16.1 Å². The van der Waals surface area contributed by atoms with Crippen molar-refractivity contribution in [1.82, 2.24) is 4.31 Å². The second-order valence-corrected chi connectivity index (χ2v) is 6.54. The lowest BCUT2D eigenvalue weighted by atomic mass is 10.1. The second-order valence-electron chi connectivity index (χ2n) is 4.21. The second kappa shape index (κ2) is 5.27. The lowest BCUT2D eigenvalue weighted by Gasteiger charge is -2.30. The number of sulfonamides is 1. The van der Waals surface area contributed by atoms with E-state index in [0.29, 0.717) is 18.0 Å². The molecule has 1 unspecified atom stereocenters. The van der Waals surface area contributed by atoms with Gasteiger partial charge in [-0.3, -0.25) is 0 Å². The summed E-state index contributed by atoms with van der Waals surface area (Å²) in [7, 11) is -3.62. The largest absolute Gasteiger partial charge is 0.244 e. The highest BCUT2D eigenvalue weighted by Crippen LogP contribution is 2.26. The summed E-state index contributed by atoms with van der Waals surface area (Å²) in [5, 5.41) is 9.42. The van der Waals surface area contributed by atoms with Crippen LogP contribution in [0.1, 0.15) is 19.3 Å². The van der Waals surface area contributed by atoms with E-state index in [1.54, 1.807) is 12.1 Å². The Kier molecular flexibility index (Phi) is 3.91. The van der Waals surface area contributed by atoms with Crippen LogP contribution in [0.25, 0.3) is 0 Å². The summed E-state index contributed by atoms with van der Waals surface area (Å²) >= 11 is 5.81. The fourth-order valence-electron chi connectivity index (χ4n) is 2.08. The van der Waals surface area contributed by atoms with Gasteiger partial charge in [0, 0.05) is 11.6 Å². The Bertz CT molecular complexity index is 580. The van der Waals surface area contributed by atoms with Gasteiger partial charge in [-0.2, -0.15) is 9.57 Å². The van der Waals surface area contributed by atoms with Crippen molar-refractivity contribution in [3.8, 4) is 6.07 Å². The van der Waals surface area contributed by atoms with Crippen LogP contribution in [0.5, 0.6) is 0 Å². The fourth-order valence-corrected chi connectivity index (χ4v) is 3.99. The Morgan fingerprint density at radius 3 is 2.83 bits per heavy atom. The molecule has 0 aromatic heterocycles. The van der Waals surface area contributed by atoms with Crippen molar-refractivity contribution in [2.45, 2.75) is 30.2 Å². The van der Waals surface area contributed by atoms with Crippen molar-refractivity contribution >= 4 is 21.6 Å². The van der Waals surface area contributed by atoms with E-state index in [2.05, 4.69) is 6.07 Å². The third kappa shape index (κ3) is 2.51. The quantitative estimate of drug-likeness (QED) is 0.838. The van der Waals surface area contributed by atoms with Crippen LogP contribution in [-0.4, -0.2) is 25.3 Å². The van der Waals surface area contributed by atoms with Gasteiger partial charge in [0.1, 0.15) is 6.04 Å². The molecule has 18 heavy (non-hydrogen) atoms. The molecule has 2 rings (SSSR count). The van der Waals surface area contributed by atoms with E-state index in [1.165, 1.54) is 16.4 Å². The Labute approximate surface area is 112 Å². The first-order valence-corrected chi connectivity index (χ1v) is 7.54. The van der Waals surface area contributed by atoms with Crippen molar-refractivity contribution in [1.29, 1.82) is 5.26 Å². The minimum absolute atomic E-state index is 0.150. The van der Waals surface area contributed by atoms with Gasteiger partial charge in [0.15, 0.2) is 0 Å². The summed E-state index contributed by atoms with van der Waals surface area (Å²) in [6.45, 7) is 0.396. The van der Waals surface area contributed by atoms with Gasteiger partial charge in [-0.15, -0.1) is 0 Å². The summed E-state index contributed by atoms with van der Waals surface area (Å²) in [5.41, 5.74) is 0. The molecule has 1 heterocycles. The molecule has 0 amide bonds. The topological polar surface area (TPSA) is 61.2 Å². The summed E-state index contributed by atoms with van der Waals surface area (Å²) in [6, 6.07) is 7.63. The SMILES string of the molecule is N#CC1CCCCN1S(=O)(=O)c1cccc(Cl)c1. The zero-order valence-electron chi connectivity index (χ0n) is 9.71. The number of piperidine rings is 1. The number of halogens is 1. The van der Waals surface area contributed by atoms with Gasteiger partial charge < -0.3 is 0 Å². The van der Waals surface area contributed by atoms with Gasteiger partial charge in [-0.25, -0.2) is 8.42 Å². The molecule has 1 aliphatic rings. The lowest BCUT2D eigenvalue weighted by Crippen LogP contribution is -2.42. The fraction of sp³-hybridized carbons (Fsp3) is 0.417. The van der Waals surface area contributed by atoms with Gasteiger partial charge >= 0.3 is 0 Å². The van der Waals surface area contributed by atoms with Gasteiger partial charge in [0.05, 0.1) is 11.0 Å². The monoisotopic (exact) mass is 284 g/mol. The lowest BCUT2D eigenvalue weighted by molar-refractivity contribution is 0.297. The van der Waals surface area contributed by atoms with E-state index >= 15 is 0 Å². The summed E-state index contributed by atoms with van der Waals surface area (Å²) < 4.78 is 26.1. The predicted octanol–water partition coefficient (Wildman–Crippen LogP) is 2.41. The molecule has 1 aromatic rings. The van der Waals surface area contributed by atoms with Crippen LogP contribution in [0.3, 0.4) is 0 Å². The molecule has 0 saturated carbocycles. The first-order valence-electron chi connectivity index (χ1n) is 5.73. The zero-order valence-corrected chi connectivity index (χ0v) is 11.3. The molecular formula is C12H13ClN2O2S. The number of rotatable bonds is 2. The maximum Gasteiger partial charge on any atom is 0.244 e. The Balaban J connectivity index is 2.39. The smallest absolute Gasteiger partial charge is 0.207 e. The third-order valence-corrected chi connectivity index (χ3v) is 5.14. The molecule has 1 aromatic carbocycles. The molecule has 6 heteroatoms. The molecule has 0 spiro atoms. The molecule has 1 fully saturated rings. The van der Waals surface area contributed by atoms with Crippen molar-refractivity contribution in [2.24, 2.45) is 0 Å². The van der Waals surface area contributed by atoms with Gasteiger partial charge in [0.25, 0.3) is 0 Å². The molecule has 1 aliphatic heterocycles. The van der Waals surface area contributed by atoms with Crippen molar-refractivity contribution in [3.05, 3.63) is 29.3 Å². The molecule has 96 valence electrons. The molecule has 0 radical (unpaired) electrons. The highest BCUT2D eigenvalue weighted by atomic mass is 35.5. The van der Waals surface area contributed by atoms with Crippen LogP contribution in [0, 0.1) is 11.3 Å². The maximum absolute atomic E-state index is 12.4. The van der Waals surface area contributed by atoms with Crippen LogP contribution < -0.4 is 0 Å². The van der Waals surface area contributed by atoms with Crippen LogP contribution in [-0.2, 0) is 10.0 Å². The number of hydrogen-bond acceptors (Lipinski definition) is 3. The highest BCUT2D eigenvalue weighted by Gasteiger charge is 2.33. The van der Waals surface area contributed by atoms with E-state index in [1.807, 2.05) is 0 Å². The first-order chi connectivity index (χ1) is 8.55. The van der Waals surface area contributed by atoms with Crippen molar-refractivity contribution in [3.63, 3.8) is 0 Å².